The van der Waals surface area contributed by atoms with E-state index in [0.717, 1.165) is 28.6 Å². The van der Waals surface area contributed by atoms with Crippen LogP contribution in [0.25, 0.3) is 0 Å². The van der Waals surface area contributed by atoms with Crippen LogP contribution in [-0.4, -0.2) is 50.3 Å². The van der Waals surface area contributed by atoms with E-state index in [9.17, 15) is 30.4 Å². The molecule has 0 saturated carbocycles. The molecule has 10 heteroatoms. The largest absolute Gasteiger partial charge is 0.417 e. The highest BCUT2D eigenvalue weighted by Crippen LogP contribution is 2.35. The van der Waals surface area contributed by atoms with Gasteiger partial charge in [-0.25, -0.2) is 17.2 Å². The van der Waals surface area contributed by atoms with E-state index >= 15 is 0 Å². The van der Waals surface area contributed by atoms with E-state index < -0.39 is 38.3 Å². The molecule has 0 bridgehead atoms. The molecule has 1 aliphatic rings. The van der Waals surface area contributed by atoms with E-state index in [4.69, 9.17) is 0 Å². The van der Waals surface area contributed by atoms with Gasteiger partial charge in [-0.3, -0.25) is 0 Å². The lowest BCUT2D eigenvalue weighted by molar-refractivity contribution is -0.139. The number of nitrogens with zero attached hydrogens (tertiary/aromatic N) is 2. The number of rotatable bonds is 5. The molecule has 0 radical (unpaired) electrons. The molecule has 1 heterocycles. The van der Waals surface area contributed by atoms with Crippen LogP contribution in [-0.2, 0) is 22.6 Å². The Morgan fingerprint density at radius 2 is 1.59 bits per heavy atom. The zero-order chi connectivity index (χ0) is 21.2. The monoisotopic (exact) mass is 434 g/mol. The fourth-order valence-electron chi connectivity index (χ4n) is 3.26. The quantitative estimate of drug-likeness (QED) is 0.676. The second kappa shape index (κ2) is 8.37. The molecule has 0 N–H and O–H groups in total. The summed E-state index contributed by atoms with van der Waals surface area (Å²) in [4.78, 5) is 1.14. The number of benzene rings is 2. The molecule has 1 fully saturated rings. The van der Waals surface area contributed by atoms with Gasteiger partial charge in [-0.1, -0.05) is 18.2 Å². The molecular weight excluding hydrogens is 415 g/mol. The predicted molar refractivity (Wildman–Crippen MR) is 96.7 cm³/mol. The molecule has 3 rings (SSSR count). The van der Waals surface area contributed by atoms with Crippen LogP contribution in [0, 0.1) is 11.6 Å². The van der Waals surface area contributed by atoms with E-state index in [1.165, 1.54) is 18.2 Å². The Balaban J connectivity index is 1.65. The Labute approximate surface area is 165 Å². The zero-order valence-corrected chi connectivity index (χ0v) is 16.1. The van der Waals surface area contributed by atoms with Crippen molar-refractivity contribution in [2.24, 2.45) is 0 Å². The summed E-state index contributed by atoms with van der Waals surface area (Å²) < 4.78 is 92.7. The second-order valence-corrected chi connectivity index (χ2v) is 8.63. The number of hydrogen-bond acceptors (Lipinski definition) is 3. The van der Waals surface area contributed by atoms with Crippen LogP contribution in [0.15, 0.2) is 47.4 Å². The molecule has 2 aromatic carbocycles. The van der Waals surface area contributed by atoms with Crippen LogP contribution >= 0.6 is 0 Å². The second-order valence-electron chi connectivity index (χ2n) is 6.73. The lowest BCUT2D eigenvalue weighted by Gasteiger charge is -2.34. The summed E-state index contributed by atoms with van der Waals surface area (Å²) in [7, 11) is -4.29. The van der Waals surface area contributed by atoms with Crippen molar-refractivity contribution >= 4 is 10.0 Å². The highest BCUT2D eigenvalue weighted by atomic mass is 32.2. The van der Waals surface area contributed by atoms with Crippen LogP contribution in [0.1, 0.15) is 11.1 Å². The maximum atomic E-state index is 13.7. The standard InChI is InChI=1S/C19H19F5N2O2S/c20-15-6-5-14(17(21)13-15)7-8-25-9-11-26(12-10-25)29(27,28)18-4-2-1-3-16(18)19(22,23)24/h1-6,13H,7-12H2. The molecule has 0 unspecified atom stereocenters. The third-order valence-electron chi connectivity index (χ3n) is 4.85. The van der Waals surface area contributed by atoms with Gasteiger partial charge in [0.05, 0.1) is 10.5 Å². The van der Waals surface area contributed by atoms with Crippen molar-refractivity contribution in [3.05, 3.63) is 65.2 Å². The first-order valence-electron chi connectivity index (χ1n) is 8.92. The molecule has 4 nitrogen and oxygen atoms in total. The summed E-state index contributed by atoms with van der Waals surface area (Å²) >= 11 is 0. The van der Waals surface area contributed by atoms with E-state index in [0.29, 0.717) is 31.6 Å². The number of alkyl halides is 3. The Kier molecular flexibility index (Phi) is 6.25. The number of halogens is 5. The summed E-state index contributed by atoms with van der Waals surface area (Å²) in [5.74, 6) is -1.31. The van der Waals surface area contributed by atoms with Crippen molar-refractivity contribution in [3.8, 4) is 0 Å². The zero-order valence-electron chi connectivity index (χ0n) is 15.3. The van der Waals surface area contributed by atoms with Gasteiger partial charge < -0.3 is 4.90 Å². The maximum Gasteiger partial charge on any atom is 0.417 e. The van der Waals surface area contributed by atoms with E-state index in [-0.39, 0.29) is 13.1 Å². The van der Waals surface area contributed by atoms with Gasteiger partial charge in [0.2, 0.25) is 10.0 Å². The average Bonchev–Trinajstić information content (AvgIpc) is 2.67. The molecule has 29 heavy (non-hydrogen) atoms. The number of hydrogen-bond donors (Lipinski definition) is 0. The Morgan fingerprint density at radius 3 is 2.21 bits per heavy atom. The van der Waals surface area contributed by atoms with Gasteiger partial charge in [0.25, 0.3) is 0 Å². The summed E-state index contributed by atoms with van der Waals surface area (Å²) in [5, 5.41) is 0. The van der Waals surface area contributed by atoms with Crippen LogP contribution in [0.4, 0.5) is 22.0 Å². The van der Waals surface area contributed by atoms with Gasteiger partial charge in [0.1, 0.15) is 11.6 Å². The molecule has 1 aliphatic heterocycles. The first-order valence-corrected chi connectivity index (χ1v) is 10.4. The van der Waals surface area contributed by atoms with Crippen molar-refractivity contribution in [3.63, 3.8) is 0 Å². The number of piperazine rings is 1. The Hall–Kier alpha value is -2.04. The van der Waals surface area contributed by atoms with Gasteiger partial charge in [-0.15, -0.1) is 0 Å². The van der Waals surface area contributed by atoms with E-state index in [1.807, 2.05) is 4.90 Å². The molecule has 0 aromatic heterocycles. The highest BCUT2D eigenvalue weighted by molar-refractivity contribution is 7.89. The number of sulfonamides is 1. The maximum absolute atomic E-state index is 13.7. The minimum Gasteiger partial charge on any atom is -0.300 e. The van der Waals surface area contributed by atoms with Crippen molar-refractivity contribution in [2.75, 3.05) is 32.7 Å². The van der Waals surface area contributed by atoms with Gasteiger partial charge >= 0.3 is 6.18 Å². The molecule has 158 valence electrons. The van der Waals surface area contributed by atoms with Crippen LogP contribution < -0.4 is 0 Å². The molecule has 0 amide bonds. The van der Waals surface area contributed by atoms with Gasteiger partial charge in [-0.05, 0) is 30.2 Å². The van der Waals surface area contributed by atoms with Crippen molar-refractivity contribution in [1.82, 2.24) is 9.21 Å². The smallest absolute Gasteiger partial charge is 0.300 e. The summed E-state index contributed by atoms with van der Waals surface area (Å²) in [5.41, 5.74) is -0.838. The topological polar surface area (TPSA) is 40.6 Å². The van der Waals surface area contributed by atoms with E-state index in [1.54, 1.807) is 0 Å². The van der Waals surface area contributed by atoms with Crippen molar-refractivity contribution in [1.29, 1.82) is 0 Å². The van der Waals surface area contributed by atoms with Crippen LogP contribution in [0.3, 0.4) is 0 Å². The average molecular weight is 434 g/mol. The SMILES string of the molecule is O=S(=O)(c1ccccc1C(F)(F)F)N1CCN(CCc2ccc(F)cc2F)CC1. The molecule has 0 aliphatic carbocycles. The first kappa shape index (κ1) is 21.7. The molecular formula is C19H19F5N2O2S. The lowest BCUT2D eigenvalue weighted by atomic mass is 10.1. The molecule has 1 saturated heterocycles. The molecule has 0 spiro atoms. The van der Waals surface area contributed by atoms with Crippen molar-refractivity contribution < 1.29 is 30.4 Å². The minimum atomic E-state index is -4.77. The van der Waals surface area contributed by atoms with Crippen molar-refractivity contribution in [2.45, 2.75) is 17.5 Å². The van der Waals surface area contributed by atoms with E-state index in [2.05, 4.69) is 0 Å². The normalized spacial score (nSPS) is 16.9. The van der Waals surface area contributed by atoms with Gasteiger partial charge in [-0.2, -0.15) is 17.5 Å². The van der Waals surface area contributed by atoms with Gasteiger partial charge in [0.15, 0.2) is 0 Å². The molecule has 2 aromatic rings. The summed E-state index contributed by atoms with van der Waals surface area (Å²) in [6.07, 6.45) is -4.46. The molecule has 0 atom stereocenters. The third-order valence-corrected chi connectivity index (χ3v) is 6.81. The highest BCUT2D eigenvalue weighted by Gasteiger charge is 2.39. The van der Waals surface area contributed by atoms with Crippen LogP contribution in [0.2, 0.25) is 0 Å². The van der Waals surface area contributed by atoms with Gasteiger partial charge in [0, 0.05) is 38.8 Å². The fourth-order valence-corrected chi connectivity index (χ4v) is 4.90. The fraction of sp³-hybridized carbons (Fsp3) is 0.368. The third kappa shape index (κ3) is 4.93. The minimum absolute atomic E-state index is 0.0282. The Morgan fingerprint density at radius 1 is 0.931 bits per heavy atom. The summed E-state index contributed by atoms with van der Waals surface area (Å²) in [6, 6.07) is 7.45. The first-order chi connectivity index (χ1) is 13.6. The predicted octanol–water partition coefficient (Wildman–Crippen LogP) is 3.53. The van der Waals surface area contributed by atoms with Crippen LogP contribution in [0.5, 0.6) is 0 Å². The summed E-state index contributed by atoms with van der Waals surface area (Å²) in [6.45, 7) is 1.09. The Bertz CT molecular complexity index is 971. The lowest BCUT2D eigenvalue weighted by Crippen LogP contribution is -2.49.